The second-order valence-electron chi connectivity index (χ2n) is 6.23. The Bertz CT molecular complexity index is 1060. The summed E-state index contributed by atoms with van der Waals surface area (Å²) in [6, 6.07) is 14.7. The Morgan fingerprint density at radius 2 is 1.83 bits per heavy atom. The first-order chi connectivity index (χ1) is 13.9. The molecule has 10 heteroatoms. The lowest BCUT2D eigenvalue weighted by Gasteiger charge is -2.24. The van der Waals surface area contributed by atoms with Crippen LogP contribution in [0.4, 0.5) is 22.2 Å². The maximum absolute atomic E-state index is 12.1. The Morgan fingerprint density at radius 1 is 1.21 bits per heavy atom. The van der Waals surface area contributed by atoms with Crippen LogP contribution in [0.15, 0.2) is 53.9 Å². The van der Waals surface area contributed by atoms with Crippen LogP contribution in [-0.4, -0.2) is 28.8 Å². The van der Waals surface area contributed by atoms with Crippen LogP contribution in [0, 0.1) is 0 Å². The zero-order chi connectivity index (χ0) is 20.5. The van der Waals surface area contributed by atoms with Crippen LogP contribution in [-0.2, 0) is 4.79 Å². The van der Waals surface area contributed by atoms with E-state index in [0.717, 1.165) is 17.1 Å². The Labute approximate surface area is 181 Å². The first-order valence-electron chi connectivity index (χ1n) is 8.58. The lowest BCUT2D eigenvalue weighted by Crippen LogP contribution is -2.32. The molecule has 1 unspecified atom stereocenters. The van der Waals surface area contributed by atoms with Gasteiger partial charge in [-0.15, -0.1) is 24.0 Å². The molecule has 1 aromatic heterocycles. The molecule has 0 aliphatic carbocycles. The quantitative estimate of drug-likeness (QED) is 0.523. The van der Waals surface area contributed by atoms with Crippen LogP contribution >= 0.6 is 35.6 Å². The molecule has 1 saturated heterocycles. The summed E-state index contributed by atoms with van der Waals surface area (Å²) in [6.45, 7) is 0.252. The van der Waals surface area contributed by atoms with E-state index >= 15 is 0 Å². The molecule has 3 aromatic rings. The van der Waals surface area contributed by atoms with E-state index in [-0.39, 0.29) is 23.6 Å². The maximum Gasteiger partial charge on any atom is 0.268 e. The number of thiazole rings is 1. The van der Waals surface area contributed by atoms with E-state index in [0.29, 0.717) is 10.2 Å². The van der Waals surface area contributed by atoms with Gasteiger partial charge in [-0.05, 0) is 48.5 Å². The molecule has 1 aliphatic rings. The van der Waals surface area contributed by atoms with Crippen molar-refractivity contribution in [1.82, 2.24) is 10.3 Å². The Balaban J connectivity index is 1.73. The molecular formula is C19H16ClN5O2S2. The standard InChI is InChI=1S/C19H16ClN5O2S2/c20-11-1-3-12(4-2-11)24(19-23-15(10-29-19)17(21)27)13-5-7-14(8-6-13)25-16(26)9-22-18(25)28/h1-8,10,18,22,28H,9H2,(H2,21,27). The number of amides is 2. The summed E-state index contributed by atoms with van der Waals surface area (Å²) < 4.78 is 0. The fourth-order valence-corrected chi connectivity index (χ4v) is 4.31. The summed E-state index contributed by atoms with van der Waals surface area (Å²) in [5.74, 6) is -0.628. The average Bonchev–Trinajstić information content (AvgIpc) is 3.32. The molecule has 2 aromatic carbocycles. The highest BCUT2D eigenvalue weighted by Crippen LogP contribution is 2.37. The Hall–Kier alpha value is -2.59. The topological polar surface area (TPSA) is 91.6 Å². The van der Waals surface area contributed by atoms with Gasteiger partial charge in [0.2, 0.25) is 5.91 Å². The van der Waals surface area contributed by atoms with Crippen molar-refractivity contribution in [1.29, 1.82) is 0 Å². The van der Waals surface area contributed by atoms with Crippen LogP contribution in [0.3, 0.4) is 0 Å². The monoisotopic (exact) mass is 445 g/mol. The molecule has 2 heterocycles. The highest BCUT2D eigenvalue weighted by Gasteiger charge is 2.29. The third-order valence-corrected chi connectivity index (χ3v) is 5.85. The maximum atomic E-state index is 12.1. The van der Waals surface area contributed by atoms with Crippen LogP contribution in [0.5, 0.6) is 0 Å². The summed E-state index contributed by atoms with van der Waals surface area (Å²) in [7, 11) is 0. The van der Waals surface area contributed by atoms with E-state index in [9.17, 15) is 9.59 Å². The highest BCUT2D eigenvalue weighted by molar-refractivity contribution is 7.81. The number of aromatic nitrogens is 1. The number of hydrogen-bond acceptors (Lipinski definition) is 7. The van der Waals surface area contributed by atoms with Gasteiger partial charge in [0.25, 0.3) is 5.91 Å². The minimum atomic E-state index is -0.584. The summed E-state index contributed by atoms with van der Waals surface area (Å²) in [4.78, 5) is 31.4. The molecule has 2 amide bonds. The number of nitrogens with two attached hydrogens (primary N) is 1. The first kappa shape index (κ1) is 19.7. The SMILES string of the molecule is NC(=O)c1csc(N(c2ccc(Cl)cc2)c2ccc(N3C(=O)CNC3S)cc2)n1. The van der Waals surface area contributed by atoms with Gasteiger partial charge >= 0.3 is 0 Å². The zero-order valence-electron chi connectivity index (χ0n) is 14.9. The number of carbonyl (C=O) groups is 2. The van der Waals surface area contributed by atoms with Crippen LogP contribution in [0.1, 0.15) is 10.5 Å². The van der Waals surface area contributed by atoms with Crippen molar-refractivity contribution < 1.29 is 9.59 Å². The smallest absolute Gasteiger partial charge is 0.268 e. The summed E-state index contributed by atoms with van der Waals surface area (Å²) in [6.07, 6.45) is 0. The largest absolute Gasteiger partial charge is 0.364 e. The number of hydrogen-bond donors (Lipinski definition) is 3. The predicted octanol–water partition coefficient (Wildman–Crippen LogP) is 3.51. The first-order valence-corrected chi connectivity index (χ1v) is 10.4. The van der Waals surface area contributed by atoms with Crippen molar-refractivity contribution >= 4 is 69.6 Å². The average molecular weight is 446 g/mol. The number of primary amides is 1. The summed E-state index contributed by atoms with van der Waals surface area (Å²) in [5.41, 5.74) is 7.55. The summed E-state index contributed by atoms with van der Waals surface area (Å²) >= 11 is 11.7. The van der Waals surface area contributed by atoms with Crippen LogP contribution in [0.25, 0.3) is 0 Å². The second-order valence-corrected chi connectivity index (χ2v) is 7.99. The molecule has 0 saturated carbocycles. The number of nitrogens with zero attached hydrogens (tertiary/aromatic N) is 3. The molecule has 0 radical (unpaired) electrons. The van der Waals surface area contributed by atoms with Gasteiger partial charge in [-0.25, -0.2) is 4.98 Å². The molecule has 1 atom stereocenters. The fourth-order valence-electron chi connectivity index (χ4n) is 2.98. The number of anilines is 4. The van der Waals surface area contributed by atoms with Gasteiger partial charge in [0.15, 0.2) is 5.13 Å². The number of halogens is 1. The van der Waals surface area contributed by atoms with Gasteiger partial charge in [0.1, 0.15) is 11.2 Å². The van der Waals surface area contributed by atoms with Crippen LogP contribution in [0.2, 0.25) is 5.02 Å². The zero-order valence-corrected chi connectivity index (χ0v) is 17.4. The fraction of sp³-hybridized carbons (Fsp3) is 0.105. The van der Waals surface area contributed by atoms with Gasteiger partial charge < -0.3 is 5.73 Å². The van der Waals surface area contributed by atoms with Gasteiger partial charge in [-0.1, -0.05) is 11.6 Å². The van der Waals surface area contributed by atoms with Crippen molar-refractivity contribution in [3.05, 3.63) is 64.6 Å². The molecule has 148 valence electrons. The number of benzene rings is 2. The van der Waals surface area contributed by atoms with Crippen LogP contribution < -0.4 is 20.9 Å². The van der Waals surface area contributed by atoms with E-state index in [1.54, 1.807) is 22.4 Å². The van der Waals surface area contributed by atoms with Gasteiger partial charge in [-0.2, -0.15) is 0 Å². The third-order valence-electron chi connectivity index (χ3n) is 4.36. The molecule has 4 rings (SSSR count). The van der Waals surface area contributed by atoms with E-state index in [1.807, 2.05) is 41.3 Å². The van der Waals surface area contributed by atoms with Crippen molar-refractivity contribution in [3.63, 3.8) is 0 Å². The van der Waals surface area contributed by atoms with Crippen molar-refractivity contribution in [3.8, 4) is 0 Å². The number of rotatable bonds is 5. The molecule has 0 bridgehead atoms. The van der Waals surface area contributed by atoms with Crippen molar-refractivity contribution in [2.75, 3.05) is 16.3 Å². The molecule has 1 aliphatic heterocycles. The van der Waals surface area contributed by atoms with Gasteiger partial charge in [0.05, 0.1) is 6.54 Å². The number of nitrogens with one attached hydrogen (secondary N) is 1. The van der Waals surface area contributed by atoms with E-state index in [1.165, 1.54) is 11.3 Å². The predicted molar refractivity (Wildman–Crippen MR) is 119 cm³/mol. The van der Waals surface area contributed by atoms with Gasteiger partial charge in [-0.3, -0.25) is 24.7 Å². The molecular weight excluding hydrogens is 430 g/mol. The van der Waals surface area contributed by atoms with Gasteiger partial charge in [0, 0.05) is 27.5 Å². The Kier molecular flexibility index (Phi) is 5.46. The lowest BCUT2D eigenvalue weighted by molar-refractivity contribution is -0.116. The minimum Gasteiger partial charge on any atom is -0.364 e. The minimum absolute atomic E-state index is 0.0432. The van der Waals surface area contributed by atoms with Crippen molar-refractivity contribution in [2.45, 2.75) is 5.50 Å². The number of thiol groups is 1. The normalized spacial score (nSPS) is 16.3. The Morgan fingerprint density at radius 3 is 2.34 bits per heavy atom. The molecule has 7 nitrogen and oxygen atoms in total. The van der Waals surface area contributed by atoms with E-state index in [4.69, 9.17) is 17.3 Å². The molecule has 29 heavy (non-hydrogen) atoms. The summed E-state index contributed by atoms with van der Waals surface area (Å²) in [5, 5.41) is 5.81. The molecule has 0 spiro atoms. The highest BCUT2D eigenvalue weighted by atomic mass is 35.5. The number of carbonyl (C=O) groups excluding carboxylic acids is 2. The van der Waals surface area contributed by atoms with E-state index < -0.39 is 5.91 Å². The molecule has 3 N–H and O–H groups in total. The second kappa shape index (κ2) is 8.03. The lowest BCUT2D eigenvalue weighted by atomic mass is 10.2. The van der Waals surface area contributed by atoms with E-state index in [2.05, 4.69) is 22.9 Å². The molecule has 1 fully saturated rings. The van der Waals surface area contributed by atoms with Crippen molar-refractivity contribution in [2.24, 2.45) is 5.73 Å². The third kappa shape index (κ3) is 3.95.